The molecule has 1 aliphatic carbocycles. The first kappa shape index (κ1) is 17.2. The highest BCUT2D eigenvalue weighted by Crippen LogP contribution is 2.33. The molecule has 1 N–H and O–H groups in total. The minimum atomic E-state index is -0.0710. The quantitative estimate of drug-likeness (QED) is 0.903. The Balaban J connectivity index is 1.59. The van der Waals surface area contributed by atoms with Crippen LogP contribution < -0.4 is 10.2 Å². The minimum Gasteiger partial charge on any atom is -0.352 e. The van der Waals surface area contributed by atoms with E-state index in [-0.39, 0.29) is 24.4 Å². The van der Waals surface area contributed by atoms with Gasteiger partial charge >= 0.3 is 0 Å². The van der Waals surface area contributed by atoms with E-state index >= 15 is 0 Å². The number of carbonyl (C=O) groups excluding carboxylic acids is 2. The predicted octanol–water partition coefficient (Wildman–Crippen LogP) is 3.36. The van der Waals surface area contributed by atoms with E-state index in [1.807, 2.05) is 42.6 Å². The zero-order valence-electron chi connectivity index (χ0n) is 14.7. The number of fused-ring (bicyclic) bond motifs is 3. The lowest BCUT2D eigenvalue weighted by Gasteiger charge is -2.29. The van der Waals surface area contributed by atoms with Crippen LogP contribution >= 0.6 is 11.8 Å². The number of rotatable bonds is 3. The largest absolute Gasteiger partial charge is 0.352 e. The summed E-state index contributed by atoms with van der Waals surface area (Å²) in [7, 11) is 0. The van der Waals surface area contributed by atoms with Gasteiger partial charge in [0, 0.05) is 12.2 Å². The van der Waals surface area contributed by atoms with Gasteiger partial charge in [0.2, 0.25) is 11.8 Å². The summed E-state index contributed by atoms with van der Waals surface area (Å²) in [5.41, 5.74) is 1.72. The number of amides is 2. The van der Waals surface area contributed by atoms with Crippen molar-refractivity contribution >= 4 is 29.3 Å². The highest BCUT2D eigenvalue weighted by atomic mass is 32.2. The normalized spacial score (nSPS) is 17.8. The maximum atomic E-state index is 12.8. The second-order valence-corrected chi connectivity index (χ2v) is 7.87. The Morgan fingerprint density at radius 1 is 1.08 bits per heavy atom. The first-order valence-electron chi connectivity index (χ1n) is 9.21. The van der Waals surface area contributed by atoms with E-state index in [1.54, 1.807) is 4.90 Å². The van der Waals surface area contributed by atoms with E-state index in [0.717, 1.165) is 29.2 Å². The van der Waals surface area contributed by atoms with Gasteiger partial charge in [-0.05, 0) is 37.1 Å². The lowest BCUT2D eigenvalue weighted by atomic mass is 9.95. The van der Waals surface area contributed by atoms with Crippen LogP contribution in [0.5, 0.6) is 0 Å². The van der Waals surface area contributed by atoms with Crippen molar-refractivity contribution in [3.05, 3.63) is 42.6 Å². The van der Waals surface area contributed by atoms with Crippen molar-refractivity contribution in [2.24, 2.45) is 0 Å². The number of carbonyl (C=O) groups is 2. The van der Waals surface area contributed by atoms with Crippen LogP contribution in [0, 0.1) is 0 Å². The summed E-state index contributed by atoms with van der Waals surface area (Å²) in [5.74, 6) is 0.224. The lowest BCUT2D eigenvalue weighted by molar-refractivity contribution is -0.123. The Labute approximate surface area is 157 Å². The number of anilines is 1. The fourth-order valence-electron chi connectivity index (χ4n) is 3.76. The number of nitrogens with one attached hydrogen (secondary N) is 1. The molecule has 136 valence electrons. The maximum Gasteiger partial charge on any atom is 0.240 e. The van der Waals surface area contributed by atoms with Gasteiger partial charge in [-0.15, -0.1) is 0 Å². The van der Waals surface area contributed by atoms with Crippen molar-refractivity contribution in [1.29, 1.82) is 0 Å². The Kier molecular flexibility index (Phi) is 5.02. The van der Waals surface area contributed by atoms with Gasteiger partial charge in [0.1, 0.15) is 6.54 Å². The zero-order chi connectivity index (χ0) is 17.9. The summed E-state index contributed by atoms with van der Waals surface area (Å²) in [6, 6.07) is 12.0. The number of hydrogen-bond donors (Lipinski definition) is 1. The third kappa shape index (κ3) is 3.51. The number of para-hydroxylation sites is 2. The van der Waals surface area contributed by atoms with Crippen LogP contribution in [0.3, 0.4) is 0 Å². The number of nitrogens with zero attached hydrogens (tertiary/aromatic N) is 2. The SMILES string of the molecule is O=C(CN1C(=O)CSc2cccn2-c2ccccc21)NC1CCCCC1. The highest BCUT2D eigenvalue weighted by molar-refractivity contribution is 7.99. The van der Waals surface area contributed by atoms with Crippen molar-refractivity contribution in [1.82, 2.24) is 9.88 Å². The average molecular weight is 369 g/mol. The summed E-state index contributed by atoms with van der Waals surface area (Å²) < 4.78 is 2.08. The van der Waals surface area contributed by atoms with Gasteiger partial charge in [0.15, 0.2) is 0 Å². The predicted molar refractivity (Wildman–Crippen MR) is 104 cm³/mol. The van der Waals surface area contributed by atoms with Crippen molar-refractivity contribution in [2.45, 2.75) is 43.2 Å². The number of aromatic nitrogens is 1. The van der Waals surface area contributed by atoms with Crippen LogP contribution in [0.15, 0.2) is 47.6 Å². The smallest absolute Gasteiger partial charge is 0.240 e. The Morgan fingerprint density at radius 2 is 1.85 bits per heavy atom. The van der Waals surface area contributed by atoms with Gasteiger partial charge in [-0.25, -0.2) is 0 Å². The molecule has 2 amide bonds. The van der Waals surface area contributed by atoms with E-state index in [1.165, 1.54) is 31.0 Å². The van der Waals surface area contributed by atoms with Gasteiger partial charge in [-0.1, -0.05) is 43.2 Å². The molecule has 2 aromatic rings. The molecule has 0 saturated heterocycles. The van der Waals surface area contributed by atoms with Crippen molar-refractivity contribution in [3.8, 4) is 5.69 Å². The molecule has 26 heavy (non-hydrogen) atoms. The van der Waals surface area contributed by atoms with Gasteiger partial charge in [0.25, 0.3) is 0 Å². The average Bonchev–Trinajstić information content (AvgIpc) is 3.12. The van der Waals surface area contributed by atoms with Crippen LogP contribution in [0.25, 0.3) is 5.69 Å². The fourth-order valence-corrected chi connectivity index (χ4v) is 4.66. The van der Waals surface area contributed by atoms with E-state index in [2.05, 4.69) is 9.88 Å². The van der Waals surface area contributed by atoms with Crippen LogP contribution in [0.2, 0.25) is 0 Å². The van der Waals surface area contributed by atoms with Crippen molar-refractivity contribution < 1.29 is 9.59 Å². The second-order valence-electron chi connectivity index (χ2n) is 6.88. The van der Waals surface area contributed by atoms with E-state index in [9.17, 15) is 9.59 Å². The van der Waals surface area contributed by atoms with E-state index < -0.39 is 0 Å². The molecular weight excluding hydrogens is 346 g/mol. The standard InChI is InChI=1S/C20H23N3O2S/c24-18(21-15-7-2-1-3-8-15)13-23-17-10-5-4-9-16(17)22-12-6-11-20(22)26-14-19(23)25/h4-6,9-12,15H,1-3,7-8,13-14H2,(H,21,24). The number of benzene rings is 1. The third-order valence-electron chi connectivity index (χ3n) is 5.06. The molecule has 0 spiro atoms. The molecule has 0 atom stereocenters. The Bertz CT molecular complexity index is 811. The third-order valence-corrected chi connectivity index (χ3v) is 6.08. The Hall–Kier alpha value is -2.21. The molecule has 1 saturated carbocycles. The number of hydrogen-bond acceptors (Lipinski definition) is 3. The summed E-state index contributed by atoms with van der Waals surface area (Å²) in [4.78, 5) is 27.0. The summed E-state index contributed by atoms with van der Waals surface area (Å²) in [6.45, 7) is 0.0729. The Morgan fingerprint density at radius 3 is 2.65 bits per heavy atom. The first-order valence-corrected chi connectivity index (χ1v) is 10.2. The summed E-state index contributed by atoms with van der Waals surface area (Å²) in [5, 5.41) is 4.16. The topological polar surface area (TPSA) is 54.3 Å². The summed E-state index contributed by atoms with van der Waals surface area (Å²) >= 11 is 1.51. The first-order chi connectivity index (χ1) is 12.7. The summed E-state index contributed by atoms with van der Waals surface area (Å²) in [6.07, 6.45) is 7.67. The molecular formula is C20H23N3O2S. The van der Waals surface area contributed by atoms with Crippen LogP contribution in [-0.2, 0) is 9.59 Å². The highest BCUT2D eigenvalue weighted by Gasteiger charge is 2.26. The van der Waals surface area contributed by atoms with Gasteiger partial charge < -0.3 is 14.8 Å². The molecule has 0 radical (unpaired) electrons. The lowest BCUT2D eigenvalue weighted by Crippen LogP contribution is -2.46. The molecule has 2 heterocycles. The van der Waals surface area contributed by atoms with Crippen LogP contribution in [-0.4, -0.2) is 34.7 Å². The second kappa shape index (κ2) is 7.58. The van der Waals surface area contributed by atoms with E-state index in [4.69, 9.17) is 0 Å². The number of thioether (sulfide) groups is 1. The molecule has 5 nitrogen and oxygen atoms in total. The van der Waals surface area contributed by atoms with Gasteiger partial charge in [0.05, 0.1) is 22.2 Å². The van der Waals surface area contributed by atoms with Gasteiger partial charge in [-0.3, -0.25) is 9.59 Å². The fraction of sp³-hybridized carbons (Fsp3) is 0.400. The van der Waals surface area contributed by atoms with Crippen molar-refractivity contribution in [2.75, 3.05) is 17.2 Å². The molecule has 1 aromatic carbocycles. The molecule has 4 rings (SSSR count). The molecule has 1 aliphatic heterocycles. The molecule has 0 unspecified atom stereocenters. The molecule has 2 aliphatic rings. The zero-order valence-corrected chi connectivity index (χ0v) is 15.5. The molecule has 1 fully saturated rings. The van der Waals surface area contributed by atoms with Gasteiger partial charge in [-0.2, -0.15) is 0 Å². The van der Waals surface area contributed by atoms with Crippen LogP contribution in [0.4, 0.5) is 5.69 Å². The molecule has 1 aromatic heterocycles. The van der Waals surface area contributed by atoms with Crippen molar-refractivity contribution in [3.63, 3.8) is 0 Å². The molecule has 0 bridgehead atoms. The monoisotopic (exact) mass is 369 g/mol. The van der Waals surface area contributed by atoms with E-state index in [0.29, 0.717) is 5.75 Å². The maximum absolute atomic E-state index is 12.8. The molecule has 6 heteroatoms. The van der Waals surface area contributed by atoms with Crippen LogP contribution in [0.1, 0.15) is 32.1 Å². The minimum absolute atomic E-state index is 0.0336.